The van der Waals surface area contributed by atoms with Crippen LogP contribution in [0.1, 0.15) is 42.1 Å². The fourth-order valence-corrected chi connectivity index (χ4v) is 3.80. The molecule has 5 heteroatoms. The number of ether oxygens (including phenoxy) is 2. The third-order valence-electron chi connectivity index (χ3n) is 5.25. The van der Waals surface area contributed by atoms with Gasteiger partial charge in [0, 0.05) is 43.9 Å². The topological polar surface area (TPSA) is 42.0 Å². The van der Waals surface area contributed by atoms with E-state index < -0.39 is 0 Å². The first-order valence-corrected chi connectivity index (χ1v) is 9.40. The highest BCUT2D eigenvalue weighted by Crippen LogP contribution is 2.23. The van der Waals surface area contributed by atoms with Crippen molar-refractivity contribution in [1.82, 2.24) is 9.80 Å². The van der Waals surface area contributed by atoms with Gasteiger partial charge in [0.1, 0.15) is 5.75 Å². The summed E-state index contributed by atoms with van der Waals surface area (Å²) in [5.74, 6) is 0.966. The van der Waals surface area contributed by atoms with Crippen molar-refractivity contribution in [2.75, 3.05) is 46.4 Å². The molecule has 0 bridgehead atoms. The van der Waals surface area contributed by atoms with E-state index in [9.17, 15) is 4.79 Å². The van der Waals surface area contributed by atoms with Crippen LogP contribution in [0, 0.1) is 0 Å². The van der Waals surface area contributed by atoms with Gasteiger partial charge < -0.3 is 9.47 Å². The van der Waals surface area contributed by atoms with Gasteiger partial charge in [0.15, 0.2) is 5.78 Å². The van der Waals surface area contributed by atoms with Gasteiger partial charge in [-0.15, -0.1) is 0 Å². The average Bonchev–Trinajstić information content (AvgIpc) is 3.02. The van der Waals surface area contributed by atoms with E-state index in [0.717, 1.165) is 62.8 Å². The molecular formula is C20H30N2O3. The van der Waals surface area contributed by atoms with E-state index in [0.29, 0.717) is 6.10 Å². The van der Waals surface area contributed by atoms with Crippen LogP contribution >= 0.6 is 0 Å². The van der Waals surface area contributed by atoms with Crippen LogP contribution in [-0.4, -0.2) is 68.1 Å². The summed E-state index contributed by atoms with van der Waals surface area (Å²) >= 11 is 0. The molecule has 2 aliphatic rings. The second-order valence-corrected chi connectivity index (χ2v) is 7.15. The highest BCUT2D eigenvalue weighted by Gasteiger charge is 2.22. The van der Waals surface area contributed by atoms with E-state index in [-0.39, 0.29) is 5.78 Å². The van der Waals surface area contributed by atoms with Crippen LogP contribution in [-0.2, 0) is 11.3 Å². The molecule has 1 aromatic carbocycles. The van der Waals surface area contributed by atoms with Crippen LogP contribution in [0.25, 0.3) is 0 Å². The van der Waals surface area contributed by atoms with Crippen molar-refractivity contribution >= 4 is 5.78 Å². The summed E-state index contributed by atoms with van der Waals surface area (Å²) in [5, 5.41) is 0. The van der Waals surface area contributed by atoms with Crippen molar-refractivity contribution in [3.8, 4) is 5.75 Å². The Hall–Kier alpha value is -1.43. The third-order valence-corrected chi connectivity index (χ3v) is 5.25. The molecule has 0 N–H and O–H groups in total. The summed E-state index contributed by atoms with van der Waals surface area (Å²) < 4.78 is 11.3. The Kier molecular flexibility index (Phi) is 6.45. The van der Waals surface area contributed by atoms with Crippen molar-refractivity contribution in [2.45, 2.75) is 38.8 Å². The lowest BCUT2D eigenvalue weighted by Gasteiger charge is -2.24. The average molecular weight is 346 g/mol. The number of rotatable bonds is 6. The van der Waals surface area contributed by atoms with E-state index >= 15 is 0 Å². The number of nitrogens with zero attached hydrogens (tertiary/aromatic N) is 2. The van der Waals surface area contributed by atoms with Gasteiger partial charge in [-0.1, -0.05) is 0 Å². The number of carbonyl (C=O) groups is 1. The number of hydrogen-bond acceptors (Lipinski definition) is 5. The van der Waals surface area contributed by atoms with Crippen molar-refractivity contribution in [2.24, 2.45) is 0 Å². The molecule has 5 nitrogen and oxygen atoms in total. The molecule has 25 heavy (non-hydrogen) atoms. The minimum absolute atomic E-state index is 0.0995. The number of methoxy groups -OCH3 is 1. The lowest BCUT2D eigenvalue weighted by Crippen LogP contribution is -2.35. The van der Waals surface area contributed by atoms with Crippen LogP contribution in [0.3, 0.4) is 0 Å². The highest BCUT2D eigenvalue weighted by atomic mass is 16.5. The van der Waals surface area contributed by atoms with Gasteiger partial charge in [-0.3, -0.25) is 14.6 Å². The monoisotopic (exact) mass is 346 g/mol. The molecule has 1 aromatic rings. The maximum Gasteiger partial charge on any atom is 0.159 e. The molecule has 2 fully saturated rings. The van der Waals surface area contributed by atoms with Gasteiger partial charge in [0.2, 0.25) is 0 Å². The number of carbonyl (C=O) groups excluding carboxylic acids is 1. The van der Waals surface area contributed by atoms with Gasteiger partial charge in [-0.2, -0.15) is 0 Å². The lowest BCUT2D eigenvalue weighted by molar-refractivity contribution is 0.0742. The lowest BCUT2D eigenvalue weighted by atomic mass is 10.1. The molecular weight excluding hydrogens is 316 g/mol. The number of hydrogen-bond donors (Lipinski definition) is 0. The van der Waals surface area contributed by atoms with Crippen molar-refractivity contribution in [3.05, 3.63) is 29.3 Å². The van der Waals surface area contributed by atoms with Gasteiger partial charge in [0.25, 0.3) is 0 Å². The second-order valence-electron chi connectivity index (χ2n) is 7.15. The molecule has 0 saturated carbocycles. The first kappa shape index (κ1) is 18.4. The van der Waals surface area contributed by atoms with Crippen LogP contribution in [0.5, 0.6) is 5.75 Å². The first-order chi connectivity index (χ1) is 12.2. The minimum Gasteiger partial charge on any atom is -0.496 e. The number of ketones is 1. The minimum atomic E-state index is 0.0995. The van der Waals surface area contributed by atoms with Gasteiger partial charge >= 0.3 is 0 Å². The van der Waals surface area contributed by atoms with Crippen LogP contribution in [0.15, 0.2) is 18.2 Å². The SMILES string of the molecule is COc1ccc(C(C)=O)cc1CN1CCCN(C[C@@H]2CCCO2)CC1. The molecule has 0 unspecified atom stereocenters. The Labute approximate surface area is 150 Å². The van der Waals surface area contributed by atoms with Crippen LogP contribution in [0.4, 0.5) is 0 Å². The number of Topliss-reactive ketones (excluding diaryl/α,β-unsaturated/α-hetero) is 1. The molecule has 2 heterocycles. The molecule has 138 valence electrons. The highest BCUT2D eigenvalue weighted by molar-refractivity contribution is 5.94. The first-order valence-electron chi connectivity index (χ1n) is 9.40. The zero-order valence-corrected chi connectivity index (χ0v) is 15.5. The Bertz CT molecular complexity index is 584. The van der Waals surface area contributed by atoms with E-state index in [1.54, 1.807) is 14.0 Å². The Morgan fingerprint density at radius 3 is 2.72 bits per heavy atom. The molecule has 0 aromatic heterocycles. The van der Waals surface area contributed by atoms with E-state index in [2.05, 4.69) is 9.80 Å². The van der Waals surface area contributed by atoms with E-state index in [4.69, 9.17) is 9.47 Å². The van der Waals surface area contributed by atoms with Crippen LogP contribution in [0.2, 0.25) is 0 Å². The summed E-state index contributed by atoms with van der Waals surface area (Å²) in [6, 6.07) is 5.74. The van der Waals surface area contributed by atoms with Crippen LogP contribution < -0.4 is 4.74 Å². The van der Waals surface area contributed by atoms with Crippen molar-refractivity contribution < 1.29 is 14.3 Å². The molecule has 0 spiro atoms. The Morgan fingerprint density at radius 1 is 1.20 bits per heavy atom. The quantitative estimate of drug-likeness (QED) is 0.741. The van der Waals surface area contributed by atoms with Gasteiger partial charge in [-0.05, 0) is 57.5 Å². The fourth-order valence-electron chi connectivity index (χ4n) is 3.80. The predicted octanol–water partition coefficient (Wildman–Crippen LogP) is 2.58. The summed E-state index contributed by atoms with van der Waals surface area (Å²) in [4.78, 5) is 16.7. The van der Waals surface area contributed by atoms with E-state index in [1.807, 2.05) is 18.2 Å². The van der Waals surface area contributed by atoms with Crippen molar-refractivity contribution in [1.29, 1.82) is 0 Å². The zero-order valence-electron chi connectivity index (χ0n) is 15.5. The van der Waals surface area contributed by atoms with Gasteiger partial charge in [0.05, 0.1) is 13.2 Å². The largest absolute Gasteiger partial charge is 0.496 e. The van der Waals surface area contributed by atoms with Crippen molar-refractivity contribution in [3.63, 3.8) is 0 Å². The molecule has 1 atom stereocenters. The summed E-state index contributed by atoms with van der Waals surface area (Å²) in [5.41, 5.74) is 1.86. The molecule has 0 radical (unpaired) electrons. The molecule has 2 aliphatic heterocycles. The molecule has 2 saturated heterocycles. The Balaban J connectivity index is 1.59. The maximum atomic E-state index is 11.7. The molecule has 0 aliphatic carbocycles. The Morgan fingerprint density at radius 2 is 2.00 bits per heavy atom. The molecule has 0 amide bonds. The normalized spacial score (nSPS) is 22.7. The third kappa shape index (κ3) is 5.03. The fraction of sp³-hybridized carbons (Fsp3) is 0.650. The smallest absolute Gasteiger partial charge is 0.159 e. The molecule has 3 rings (SSSR count). The summed E-state index contributed by atoms with van der Waals surface area (Å²) in [7, 11) is 1.69. The second kappa shape index (κ2) is 8.79. The van der Waals surface area contributed by atoms with Gasteiger partial charge in [-0.25, -0.2) is 0 Å². The maximum absolute atomic E-state index is 11.7. The predicted molar refractivity (Wildman–Crippen MR) is 98.3 cm³/mol. The number of benzene rings is 1. The zero-order chi connectivity index (χ0) is 17.6. The summed E-state index contributed by atoms with van der Waals surface area (Å²) in [6.45, 7) is 8.78. The standard InChI is InChI=1S/C20H30N2O3/c1-16(23)17-6-7-20(24-2)18(13-17)14-21-8-4-9-22(11-10-21)15-19-5-3-12-25-19/h6-7,13,19H,3-5,8-12,14-15H2,1-2H3/t19-/m0/s1. The summed E-state index contributed by atoms with van der Waals surface area (Å²) in [6.07, 6.45) is 4.01. The van der Waals surface area contributed by atoms with E-state index in [1.165, 1.54) is 19.3 Å².